The Bertz CT molecular complexity index is 423. The number of aliphatic hydroxyl groups is 1. The van der Waals surface area contributed by atoms with E-state index in [2.05, 4.69) is 15.3 Å². The summed E-state index contributed by atoms with van der Waals surface area (Å²) in [5.74, 6) is 0.849. The fraction of sp³-hybridized carbons (Fsp3) is 0.692. The third-order valence-electron chi connectivity index (χ3n) is 2.58. The number of ether oxygens (including phenoxy) is 1. The molecule has 1 atom stereocenters. The molecular formula is C13H25N5O2. The van der Waals surface area contributed by atoms with Crippen molar-refractivity contribution in [3.63, 3.8) is 0 Å². The van der Waals surface area contributed by atoms with Gasteiger partial charge in [0.05, 0.1) is 12.2 Å². The lowest BCUT2D eigenvalue weighted by Gasteiger charge is -2.27. The van der Waals surface area contributed by atoms with Gasteiger partial charge in [0.25, 0.3) is 0 Å². The average molecular weight is 283 g/mol. The Labute approximate surface area is 120 Å². The number of hydrogen-bond acceptors (Lipinski definition) is 7. The predicted molar refractivity (Wildman–Crippen MR) is 79.9 cm³/mol. The van der Waals surface area contributed by atoms with Gasteiger partial charge in [-0.05, 0) is 27.4 Å². The molecule has 1 heterocycles. The Morgan fingerprint density at radius 1 is 1.45 bits per heavy atom. The van der Waals surface area contributed by atoms with Crippen LogP contribution in [0.4, 0.5) is 11.5 Å². The molecule has 7 heteroatoms. The van der Waals surface area contributed by atoms with Crippen molar-refractivity contribution in [2.75, 3.05) is 44.8 Å². The molecule has 0 radical (unpaired) electrons. The Hall–Kier alpha value is -1.60. The van der Waals surface area contributed by atoms with Gasteiger partial charge in [0, 0.05) is 13.1 Å². The lowest BCUT2D eigenvalue weighted by atomic mass is 10.1. The molecule has 1 aromatic heterocycles. The van der Waals surface area contributed by atoms with Crippen molar-refractivity contribution in [3.05, 3.63) is 6.33 Å². The minimum absolute atomic E-state index is 0.333. The van der Waals surface area contributed by atoms with Crippen LogP contribution < -0.4 is 15.8 Å². The van der Waals surface area contributed by atoms with E-state index in [1.165, 1.54) is 6.33 Å². The van der Waals surface area contributed by atoms with Crippen molar-refractivity contribution in [1.29, 1.82) is 0 Å². The minimum atomic E-state index is -0.884. The summed E-state index contributed by atoms with van der Waals surface area (Å²) in [6.45, 7) is 5.18. The number of nitrogens with zero attached hydrogens (tertiary/aromatic N) is 3. The molecule has 4 N–H and O–H groups in total. The topological polar surface area (TPSA) is 96.5 Å². The molecule has 7 nitrogen and oxygen atoms in total. The second-order valence-corrected chi connectivity index (χ2v) is 5.38. The molecule has 1 aromatic rings. The molecule has 0 aliphatic rings. The zero-order chi connectivity index (χ0) is 15.2. The molecule has 0 spiro atoms. The summed E-state index contributed by atoms with van der Waals surface area (Å²) in [6.07, 6.45) is 2.27. The highest BCUT2D eigenvalue weighted by Gasteiger charge is 2.22. The van der Waals surface area contributed by atoms with Crippen LogP contribution in [0.15, 0.2) is 6.33 Å². The summed E-state index contributed by atoms with van der Waals surface area (Å²) in [5, 5.41) is 13.3. The molecule has 0 saturated carbocycles. The number of nitrogen functional groups attached to an aromatic ring is 1. The second kappa shape index (κ2) is 7.25. The largest absolute Gasteiger partial charge is 0.476 e. The van der Waals surface area contributed by atoms with Crippen LogP contribution >= 0.6 is 0 Å². The van der Waals surface area contributed by atoms with Gasteiger partial charge in [0.15, 0.2) is 5.82 Å². The summed E-state index contributed by atoms with van der Waals surface area (Å²) < 4.78 is 5.44. The van der Waals surface area contributed by atoms with Crippen LogP contribution in [0.25, 0.3) is 0 Å². The van der Waals surface area contributed by atoms with Gasteiger partial charge in [-0.25, -0.2) is 4.98 Å². The van der Waals surface area contributed by atoms with Crippen molar-refractivity contribution in [2.24, 2.45) is 0 Å². The fourth-order valence-corrected chi connectivity index (χ4v) is 1.85. The highest BCUT2D eigenvalue weighted by atomic mass is 16.5. The number of nitrogens with one attached hydrogen (secondary N) is 1. The van der Waals surface area contributed by atoms with Crippen LogP contribution in [0.2, 0.25) is 0 Å². The SMILES string of the molecule is CCCOc1ncnc(NCC(C)(O)CN(C)C)c1N. The quantitative estimate of drug-likeness (QED) is 0.642. The molecular weight excluding hydrogens is 258 g/mol. The first kappa shape index (κ1) is 16.5. The van der Waals surface area contributed by atoms with E-state index in [-0.39, 0.29) is 0 Å². The third kappa shape index (κ3) is 5.18. The normalized spacial score (nSPS) is 14.1. The molecule has 0 aliphatic carbocycles. The highest BCUT2D eigenvalue weighted by Crippen LogP contribution is 2.25. The van der Waals surface area contributed by atoms with Gasteiger partial charge < -0.3 is 25.8 Å². The smallest absolute Gasteiger partial charge is 0.242 e. The van der Waals surface area contributed by atoms with E-state index in [0.29, 0.717) is 37.1 Å². The first-order valence-electron chi connectivity index (χ1n) is 6.70. The first-order valence-corrected chi connectivity index (χ1v) is 6.70. The molecule has 20 heavy (non-hydrogen) atoms. The van der Waals surface area contributed by atoms with E-state index in [4.69, 9.17) is 10.5 Å². The van der Waals surface area contributed by atoms with Crippen LogP contribution in [0, 0.1) is 0 Å². The second-order valence-electron chi connectivity index (χ2n) is 5.38. The van der Waals surface area contributed by atoms with E-state index in [1.54, 1.807) is 6.92 Å². The molecule has 1 unspecified atom stereocenters. The molecule has 114 valence electrons. The maximum absolute atomic E-state index is 10.2. The molecule has 0 fully saturated rings. The maximum Gasteiger partial charge on any atom is 0.242 e. The number of aromatic nitrogens is 2. The molecule has 0 aromatic carbocycles. The maximum atomic E-state index is 10.2. The molecule has 1 rings (SSSR count). The monoisotopic (exact) mass is 283 g/mol. The van der Waals surface area contributed by atoms with Gasteiger partial charge in [-0.1, -0.05) is 6.92 Å². The average Bonchev–Trinajstić information content (AvgIpc) is 2.34. The van der Waals surface area contributed by atoms with E-state index < -0.39 is 5.60 Å². The van der Waals surface area contributed by atoms with Crippen molar-refractivity contribution in [2.45, 2.75) is 25.9 Å². The van der Waals surface area contributed by atoms with Crippen LogP contribution in [-0.2, 0) is 0 Å². The minimum Gasteiger partial charge on any atom is -0.476 e. The summed E-state index contributed by atoms with van der Waals surface area (Å²) in [5.41, 5.74) is 5.43. The summed E-state index contributed by atoms with van der Waals surface area (Å²) in [7, 11) is 3.81. The molecule has 0 aliphatic heterocycles. The lowest BCUT2D eigenvalue weighted by molar-refractivity contribution is 0.0459. The Morgan fingerprint density at radius 3 is 2.75 bits per heavy atom. The summed E-state index contributed by atoms with van der Waals surface area (Å²) in [4.78, 5) is 9.99. The Kier molecular flexibility index (Phi) is 5.97. The Balaban J connectivity index is 2.68. The molecule has 0 amide bonds. The number of rotatable bonds is 8. The zero-order valence-electron chi connectivity index (χ0n) is 12.7. The van der Waals surface area contributed by atoms with E-state index in [0.717, 1.165) is 6.42 Å². The third-order valence-corrected chi connectivity index (χ3v) is 2.58. The first-order chi connectivity index (χ1) is 9.35. The number of nitrogens with two attached hydrogens (primary N) is 1. The highest BCUT2D eigenvalue weighted by molar-refractivity contribution is 5.66. The predicted octanol–water partition coefficient (Wildman–Crippen LogP) is 0.572. The van der Waals surface area contributed by atoms with Gasteiger partial charge in [-0.15, -0.1) is 0 Å². The van der Waals surface area contributed by atoms with Gasteiger partial charge in [0.1, 0.15) is 12.0 Å². The number of anilines is 2. The summed E-state index contributed by atoms with van der Waals surface area (Å²) >= 11 is 0. The number of hydrogen-bond donors (Lipinski definition) is 3. The van der Waals surface area contributed by atoms with Crippen LogP contribution in [0.5, 0.6) is 5.88 Å². The van der Waals surface area contributed by atoms with E-state index in [1.807, 2.05) is 25.9 Å². The Morgan fingerprint density at radius 2 is 2.15 bits per heavy atom. The van der Waals surface area contributed by atoms with Gasteiger partial charge in [-0.2, -0.15) is 4.98 Å². The standard InChI is InChI=1S/C13H25N5O2/c1-5-6-20-12-10(14)11(16-9-17-12)15-7-13(2,19)8-18(3)4/h9,19H,5-8,14H2,1-4H3,(H,15,16,17). The zero-order valence-corrected chi connectivity index (χ0v) is 12.7. The van der Waals surface area contributed by atoms with Gasteiger partial charge in [0.2, 0.25) is 5.88 Å². The number of likely N-dealkylation sites (N-methyl/N-ethyl adjacent to an activating group) is 1. The van der Waals surface area contributed by atoms with Crippen molar-refractivity contribution in [3.8, 4) is 5.88 Å². The van der Waals surface area contributed by atoms with Crippen LogP contribution in [-0.4, -0.2) is 59.4 Å². The van der Waals surface area contributed by atoms with Crippen molar-refractivity contribution >= 4 is 11.5 Å². The van der Waals surface area contributed by atoms with Crippen LogP contribution in [0.3, 0.4) is 0 Å². The van der Waals surface area contributed by atoms with Crippen molar-refractivity contribution < 1.29 is 9.84 Å². The molecule has 0 saturated heterocycles. The van der Waals surface area contributed by atoms with E-state index in [9.17, 15) is 5.11 Å². The lowest BCUT2D eigenvalue weighted by Crippen LogP contribution is -2.43. The van der Waals surface area contributed by atoms with Crippen molar-refractivity contribution in [1.82, 2.24) is 14.9 Å². The van der Waals surface area contributed by atoms with E-state index >= 15 is 0 Å². The fourth-order valence-electron chi connectivity index (χ4n) is 1.85. The molecule has 0 bridgehead atoms. The summed E-state index contributed by atoms with van der Waals surface area (Å²) in [6, 6.07) is 0. The van der Waals surface area contributed by atoms with Crippen LogP contribution in [0.1, 0.15) is 20.3 Å². The van der Waals surface area contributed by atoms with Gasteiger partial charge in [-0.3, -0.25) is 0 Å². The van der Waals surface area contributed by atoms with Gasteiger partial charge >= 0.3 is 0 Å².